The van der Waals surface area contributed by atoms with Crippen LogP contribution in [0, 0.1) is 0 Å². The third kappa shape index (κ3) is 42.4. The van der Waals surface area contributed by atoms with E-state index in [4.69, 9.17) is 9.47 Å². The van der Waals surface area contributed by atoms with Crippen molar-refractivity contribution in [2.75, 3.05) is 39.6 Å². The van der Waals surface area contributed by atoms with Crippen molar-refractivity contribution in [3.05, 3.63) is 0 Å². The lowest BCUT2D eigenvalue weighted by molar-refractivity contribution is -0.212. The van der Waals surface area contributed by atoms with E-state index in [0.29, 0.717) is 26.1 Å². The molecule has 460 valence electrons. The van der Waals surface area contributed by atoms with Gasteiger partial charge in [-0.2, -0.15) is 0 Å². The molecule has 0 spiro atoms. The van der Waals surface area contributed by atoms with Gasteiger partial charge in [0.25, 0.3) is 0 Å². The van der Waals surface area contributed by atoms with E-state index < -0.39 is 74.3 Å². The molecular formula is C64H132O12. The van der Waals surface area contributed by atoms with Gasteiger partial charge in [-0.3, -0.25) is 0 Å². The van der Waals surface area contributed by atoms with Crippen LogP contribution in [0.15, 0.2) is 0 Å². The lowest BCUT2D eigenvalue weighted by atomic mass is 9.82. The van der Waals surface area contributed by atoms with Gasteiger partial charge in [0, 0.05) is 13.2 Å². The van der Waals surface area contributed by atoms with Crippen molar-refractivity contribution in [3.8, 4) is 0 Å². The summed E-state index contributed by atoms with van der Waals surface area (Å²) in [6.07, 6.45) is 45.2. The first kappa shape index (κ1) is 77.6. The molecular weight excluding hydrogens is 961 g/mol. The second kappa shape index (κ2) is 57.7. The summed E-state index contributed by atoms with van der Waals surface area (Å²) in [5.74, 6) is 0. The molecule has 0 fully saturated rings. The smallest absolute Gasteiger partial charge is 0.121 e. The molecule has 0 aliphatic rings. The fourth-order valence-electron chi connectivity index (χ4n) is 10.8. The summed E-state index contributed by atoms with van der Waals surface area (Å²) in [6, 6.07) is 0. The van der Waals surface area contributed by atoms with E-state index in [2.05, 4.69) is 27.7 Å². The molecule has 0 aromatic carbocycles. The SMILES string of the molecule is CCCCCCCCCCCCCO[C@H]([C@H](O)CO)[C@@](O)(CCCCCCCCCCCCC)[C@H](O)CO.CCCCCCCCCCCCCO[C@H]([C@H](O)CO)[C@@](O)(CCCCCCCCCCCCC)[C@H](O)CO. The van der Waals surface area contributed by atoms with Gasteiger partial charge >= 0.3 is 0 Å². The zero-order valence-corrected chi connectivity index (χ0v) is 50.5. The minimum Gasteiger partial charge on any atom is -0.394 e. The fraction of sp³-hybridized carbons (Fsp3) is 1.00. The fourth-order valence-corrected chi connectivity index (χ4v) is 10.8. The summed E-state index contributed by atoms with van der Waals surface area (Å²) in [6.45, 7) is 7.27. The second-order valence-electron chi connectivity index (χ2n) is 23.1. The highest BCUT2D eigenvalue weighted by Gasteiger charge is 2.48. The zero-order valence-electron chi connectivity index (χ0n) is 50.5. The standard InChI is InChI=1S/2C32H66O6/c2*1-3-5-7-9-11-13-15-17-19-21-23-25-32(37,30(36)28-34)31(29(35)27-33)38-26-24-22-20-18-16-14-12-10-8-6-4-2/h2*29-31,33-37H,3-28H2,1-2H3/t2*29-,30-,31-,32-/m11/s1. The number of aliphatic hydroxyl groups excluding tert-OH is 8. The predicted molar refractivity (Wildman–Crippen MR) is 317 cm³/mol. The van der Waals surface area contributed by atoms with Gasteiger partial charge in [-0.25, -0.2) is 0 Å². The van der Waals surface area contributed by atoms with Crippen molar-refractivity contribution >= 4 is 0 Å². The van der Waals surface area contributed by atoms with E-state index in [9.17, 15) is 51.1 Å². The third-order valence-electron chi connectivity index (χ3n) is 16.0. The number of aliphatic hydroxyl groups is 10. The van der Waals surface area contributed by atoms with Crippen LogP contribution < -0.4 is 0 Å². The minimum atomic E-state index is -1.80. The van der Waals surface area contributed by atoms with Gasteiger partial charge in [0.1, 0.15) is 47.8 Å². The molecule has 0 aromatic heterocycles. The van der Waals surface area contributed by atoms with Gasteiger partial charge < -0.3 is 60.5 Å². The predicted octanol–water partition coefficient (Wildman–Crippen LogP) is 13.6. The molecule has 12 nitrogen and oxygen atoms in total. The highest BCUT2D eigenvalue weighted by Crippen LogP contribution is 2.31. The van der Waals surface area contributed by atoms with Crippen LogP contribution in [-0.4, -0.2) is 139 Å². The molecule has 12 heteroatoms. The Morgan fingerprint density at radius 3 is 0.632 bits per heavy atom. The minimum absolute atomic E-state index is 0.214. The van der Waals surface area contributed by atoms with Crippen LogP contribution in [0.3, 0.4) is 0 Å². The number of ether oxygens (including phenoxy) is 2. The molecule has 76 heavy (non-hydrogen) atoms. The molecule has 10 N–H and O–H groups in total. The largest absolute Gasteiger partial charge is 0.394 e. The van der Waals surface area contributed by atoms with Gasteiger partial charge in [0.05, 0.1) is 26.4 Å². The first-order chi connectivity index (χ1) is 36.9. The Balaban J connectivity index is 0. The summed E-state index contributed by atoms with van der Waals surface area (Å²) in [5, 5.41) is 103. The van der Waals surface area contributed by atoms with Crippen molar-refractivity contribution in [3.63, 3.8) is 0 Å². The van der Waals surface area contributed by atoms with Crippen molar-refractivity contribution in [2.24, 2.45) is 0 Å². The Kier molecular flexibility index (Phi) is 59.0. The van der Waals surface area contributed by atoms with Gasteiger partial charge in [-0.15, -0.1) is 0 Å². The Morgan fingerprint density at radius 1 is 0.263 bits per heavy atom. The van der Waals surface area contributed by atoms with E-state index in [-0.39, 0.29) is 12.8 Å². The van der Waals surface area contributed by atoms with Crippen molar-refractivity contribution < 1.29 is 60.5 Å². The topological polar surface area (TPSA) is 221 Å². The van der Waals surface area contributed by atoms with Crippen molar-refractivity contribution in [1.82, 2.24) is 0 Å². The van der Waals surface area contributed by atoms with Gasteiger partial charge in [-0.05, 0) is 25.7 Å². The maximum atomic E-state index is 11.4. The van der Waals surface area contributed by atoms with Crippen LogP contribution in [0.5, 0.6) is 0 Å². The molecule has 0 bridgehead atoms. The van der Waals surface area contributed by atoms with Crippen LogP contribution in [0.25, 0.3) is 0 Å². The Labute approximate surface area is 469 Å². The van der Waals surface area contributed by atoms with Gasteiger partial charge in [0.2, 0.25) is 0 Å². The molecule has 0 rings (SSSR count). The molecule has 0 amide bonds. The van der Waals surface area contributed by atoms with Crippen LogP contribution in [0.2, 0.25) is 0 Å². The molecule has 8 atom stereocenters. The molecule has 0 unspecified atom stereocenters. The van der Waals surface area contributed by atoms with Crippen LogP contribution >= 0.6 is 0 Å². The Bertz CT molecular complexity index is 1040. The van der Waals surface area contributed by atoms with Crippen LogP contribution in [0.4, 0.5) is 0 Å². The molecule has 0 aliphatic heterocycles. The van der Waals surface area contributed by atoms with Gasteiger partial charge in [0.15, 0.2) is 0 Å². The first-order valence-corrected chi connectivity index (χ1v) is 32.8. The number of rotatable bonds is 60. The highest BCUT2D eigenvalue weighted by molar-refractivity contribution is 4.98. The lowest BCUT2D eigenvalue weighted by Crippen LogP contribution is -2.59. The molecule has 0 aromatic rings. The van der Waals surface area contributed by atoms with Crippen molar-refractivity contribution in [2.45, 2.75) is 371 Å². The number of hydrogen-bond donors (Lipinski definition) is 10. The summed E-state index contributed by atoms with van der Waals surface area (Å²) in [4.78, 5) is 0. The van der Waals surface area contributed by atoms with E-state index >= 15 is 0 Å². The van der Waals surface area contributed by atoms with E-state index in [1.54, 1.807) is 0 Å². The Morgan fingerprint density at radius 2 is 0.447 bits per heavy atom. The van der Waals surface area contributed by atoms with E-state index in [1.807, 2.05) is 0 Å². The summed E-state index contributed by atoms with van der Waals surface area (Å²) >= 11 is 0. The highest BCUT2D eigenvalue weighted by atomic mass is 16.5. The van der Waals surface area contributed by atoms with Crippen LogP contribution in [-0.2, 0) is 9.47 Å². The summed E-state index contributed by atoms with van der Waals surface area (Å²) < 4.78 is 11.8. The second-order valence-corrected chi connectivity index (χ2v) is 23.1. The lowest BCUT2D eigenvalue weighted by Gasteiger charge is -2.41. The quantitative estimate of drug-likeness (QED) is 0.0257. The average Bonchev–Trinajstić information content (AvgIpc) is 3.43. The van der Waals surface area contributed by atoms with Gasteiger partial charge in [-0.1, -0.05) is 297 Å². The molecule has 0 saturated carbocycles. The Hall–Kier alpha value is -0.480. The molecule has 0 aliphatic carbocycles. The van der Waals surface area contributed by atoms with E-state index in [1.165, 1.54) is 193 Å². The average molecular weight is 1090 g/mol. The third-order valence-corrected chi connectivity index (χ3v) is 16.0. The molecule has 0 radical (unpaired) electrons. The zero-order chi connectivity index (χ0) is 56.6. The molecule has 0 heterocycles. The van der Waals surface area contributed by atoms with Crippen molar-refractivity contribution in [1.29, 1.82) is 0 Å². The normalized spacial score (nSPS) is 15.9. The maximum Gasteiger partial charge on any atom is 0.121 e. The molecule has 0 saturated heterocycles. The van der Waals surface area contributed by atoms with Crippen LogP contribution in [0.1, 0.15) is 323 Å². The summed E-state index contributed by atoms with van der Waals surface area (Å²) in [7, 11) is 0. The number of hydrogen-bond acceptors (Lipinski definition) is 12. The summed E-state index contributed by atoms with van der Waals surface area (Å²) in [5.41, 5.74) is -3.60. The maximum absolute atomic E-state index is 11.4. The monoisotopic (exact) mass is 1090 g/mol. The first-order valence-electron chi connectivity index (χ1n) is 32.8. The number of unbranched alkanes of at least 4 members (excludes halogenated alkanes) is 40. The van der Waals surface area contributed by atoms with E-state index in [0.717, 1.165) is 77.0 Å².